The smallest absolute Gasteiger partial charge is 0.191 e. The van der Waals surface area contributed by atoms with Crippen LogP contribution in [-0.4, -0.2) is 5.78 Å². The van der Waals surface area contributed by atoms with E-state index in [2.05, 4.69) is 15.9 Å². The molecule has 1 heterocycles. The highest BCUT2D eigenvalue weighted by molar-refractivity contribution is 9.10. The first-order valence-corrected chi connectivity index (χ1v) is 9.01. The van der Waals surface area contributed by atoms with E-state index in [1.807, 2.05) is 6.07 Å². The zero-order chi connectivity index (χ0) is 17.1. The van der Waals surface area contributed by atoms with Crippen LogP contribution in [0.2, 0.25) is 0 Å². The number of carbonyl (C=O) groups is 1. The van der Waals surface area contributed by atoms with Crippen LogP contribution in [0.5, 0.6) is 0 Å². The summed E-state index contributed by atoms with van der Waals surface area (Å²) >= 11 is 3.28. The third kappa shape index (κ3) is 3.83. The molecule has 2 aromatic rings. The van der Waals surface area contributed by atoms with Gasteiger partial charge in [0.15, 0.2) is 18.2 Å². The predicted molar refractivity (Wildman–Crippen MR) is 93.1 cm³/mol. The van der Waals surface area contributed by atoms with Gasteiger partial charge in [0.1, 0.15) is 5.82 Å². The van der Waals surface area contributed by atoms with E-state index >= 15 is 0 Å². The fourth-order valence-electron chi connectivity index (χ4n) is 3.63. The van der Waals surface area contributed by atoms with Gasteiger partial charge in [0.2, 0.25) is 0 Å². The molecule has 1 aliphatic carbocycles. The van der Waals surface area contributed by atoms with Crippen LogP contribution in [0.25, 0.3) is 0 Å². The molecule has 1 fully saturated rings. The van der Waals surface area contributed by atoms with E-state index in [0.29, 0.717) is 26.2 Å². The van der Waals surface area contributed by atoms with Crippen LogP contribution in [-0.2, 0) is 0 Å². The molecular weight excluding hydrogens is 373 g/mol. The normalized spacial score (nSPS) is 16.2. The van der Waals surface area contributed by atoms with Crippen LogP contribution in [0.3, 0.4) is 0 Å². The second-order valence-electron chi connectivity index (χ2n) is 6.40. The third-order valence-corrected chi connectivity index (χ3v) is 5.33. The van der Waals surface area contributed by atoms with Crippen LogP contribution < -0.4 is 4.73 Å². The molecule has 3 nitrogen and oxygen atoms in total. The maximum absolute atomic E-state index is 14.5. The number of carbonyl (C=O) groups excluding carboxylic acids is 1. The van der Waals surface area contributed by atoms with Gasteiger partial charge in [-0.25, -0.2) is 4.39 Å². The molecule has 0 aliphatic heterocycles. The first-order valence-electron chi connectivity index (χ1n) is 8.21. The lowest BCUT2D eigenvalue weighted by Gasteiger charge is -2.24. The van der Waals surface area contributed by atoms with Gasteiger partial charge in [0, 0.05) is 17.0 Å². The van der Waals surface area contributed by atoms with E-state index in [1.165, 1.54) is 18.5 Å². The number of nitrogens with zero attached hydrogens (tertiary/aromatic N) is 1. The number of rotatable bonds is 5. The first-order chi connectivity index (χ1) is 11.5. The molecule has 1 aromatic heterocycles. The van der Waals surface area contributed by atoms with Gasteiger partial charge in [0.05, 0.1) is 5.56 Å². The number of pyridine rings is 1. The summed E-state index contributed by atoms with van der Waals surface area (Å²) < 4.78 is 15.8. The number of aromatic nitrogens is 1. The van der Waals surface area contributed by atoms with Crippen molar-refractivity contribution in [1.82, 2.24) is 0 Å². The van der Waals surface area contributed by atoms with E-state index in [4.69, 9.17) is 0 Å². The summed E-state index contributed by atoms with van der Waals surface area (Å²) in [6, 6.07) is 8.24. The van der Waals surface area contributed by atoms with E-state index in [0.717, 1.165) is 25.7 Å². The van der Waals surface area contributed by atoms with Gasteiger partial charge >= 0.3 is 0 Å². The minimum Gasteiger partial charge on any atom is -0.619 e. The molecule has 0 saturated heterocycles. The van der Waals surface area contributed by atoms with E-state index < -0.39 is 0 Å². The van der Waals surface area contributed by atoms with Crippen molar-refractivity contribution >= 4 is 21.7 Å². The number of halogens is 2. The van der Waals surface area contributed by atoms with Gasteiger partial charge in [-0.05, 0) is 48.4 Å². The molecule has 1 atom stereocenters. The lowest BCUT2D eigenvalue weighted by Crippen LogP contribution is -2.26. The van der Waals surface area contributed by atoms with Crippen molar-refractivity contribution in [2.24, 2.45) is 5.92 Å². The van der Waals surface area contributed by atoms with Crippen molar-refractivity contribution in [3.63, 3.8) is 0 Å². The topological polar surface area (TPSA) is 44.0 Å². The highest BCUT2D eigenvalue weighted by Crippen LogP contribution is 2.41. The summed E-state index contributed by atoms with van der Waals surface area (Å²) in [6.45, 7) is 0. The van der Waals surface area contributed by atoms with Crippen LogP contribution in [0.15, 0.2) is 47.2 Å². The Kier molecular flexibility index (Phi) is 5.29. The van der Waals surface area contributed by atoms with Crippen molar-refractivity contribution < 1.29 is 13.9 Å². The first kappa shape index (κ1) is 17.1. The molecule has 0 amide bonds. The average molecular weight is 392 g/mol. The Hall–Kier alpha value is -1.75. The van der Waals surface area contributed by atoms with Gasteiger partial charge in [-0.1, -0.05) is 34.8 Å². The maximum atomic E-state index is 14.5. The third-order valence-electron chi connectivity index (χ3n) is 4.83. The molecule has 126 valence electrons. The van der Waals surface area contributed by atoms with Crippen molar-refractivity contribution in [1.29, 1.82) is 0 Å². The second kappa shape index (κ2) is 7.43. The summed E-state index contributed by atoms with van der Waals surface area (Å²) in [4.78, 5) is 12.6. The fraction of sp³-hybridized carbons (Fsp3) is 0.368. The molecule has 0 radical (unpaired) electrons. The predicted octanol–water partition coefficient (Wildman–Crippen LogP) is 4.77. The summed E-state index contributed by atoms with van der Waals surface area (Å²) in [7, 11) is 0. The van der Waals surface area contributed by atoms with Crippen LogP contribution >= 0.6 is 15.9 Å². The standard InChI is InChI=1S/C19H19BrFNO2/c20-15-7-8-16(18(21)10-15)17(13-4-1-2-5-13)11-19(23)14-6-3-9-22(24)12-14/h3,6-10,12-13,17H,1-2,4-5,11H2. The molecule has 3 rings (SSSR count). The summed E-state index contributed by atoms with van der Waals surface area (Å²) in [6.07, 6.45) is 7.14. The van der Waals surface area contributed by atoms with Crippen molar-refractivity contribution in [3.8, 4) is 0 Å². The molecule has 0 bridgehead atoms. The highest BCUT2D eigenvalue weighted by atomic mass is 79.9. The molecule has 5 heteroatoms. The van der Waals surface area contributed by atoms with Gasteiger partial charge in [0.25, 0.3) is 0 Å². The number of hydrogen-bond donors (Lipinski definition) is 0. The van der Waals surface area contributed by atoms with Gasteiger partial charge in [-0.2, -0.15) is 4.73 Å². The quantitative estimate of drug-likeness (QED) is 0.418. The molecule has 0 spiro atoms. The maximum Gasteiger partial charge on any atom is 0.191 e. The Bertz CT molecular complexity index is 744. The van der Waals surface area contributed by atoms with Crippen LogP contribution in [0, 0.1) is 16.9 Å². The minimum absolute atomic E-state index is 0.112. The van der Waals surface area contributed by atoms with Crippen LogP contribution in [0.1, 0.15) is 53.9 Å². The Morgan fingerprint density at radius 2 is 2.08 bits per heavy atom. The Balaban J connectivity index is 1.89. The molecule has 1 saturated carbocycles. The molecule has 1 aliphatic rings. The highest BCUT2D eigenvalue weighted by Gasteiger charge is 2.30. The lowest BCUT2D eigenvalue weighted by molar-refractivity contribution is -0.605. The van der Waals surface area contributed by atoms with E-state index in [1.54, 1.807) is 18.2 Å². The Morgan fingerprint density at radius 1 is 1.33 bits per heavy atom. The van der Waals surface area contributed by atoms with Crippen molar-refractivity contribution in [3.05, 3.63) is 69.3 Å². The largest absolute Gasteiger partial charge is 0.619 e. The zero-order valence-electron chi connectivity index (χ0n) is 13.3. The number of hydrogen-bond acceptors (Lipinski definition) is 2. The van der Waals surface area contributed by atoms with Gasteiger partial charge in [-0.15, -0.1) is 0 Å². The molecular formula is C19H19BrFNO2. The Labute approximate surface area is 149 Å². The monoisotopic (exact) mass is 391 g/mol. The summed E-state index contributed by atoms with van der Waals surface area (Å²) in [5, 5.41) is 11.4. The number of benzene rings is 1. The van der Waals surface area contributed by atoms with Gasteiger partial charge < -0.3 is 5.21 Å². The number of ketones is 1. The van der Waals surface area contributed by atoms with E-state index in [-0.39, 0.29) is 23.9 Å². The second-order valence-corrected chi connectivity index (χ2v) is 7.31. The molecule has 1 aromatic carbocycles. The van der Waals surface area contributed by atoms with Crippen molar-refractivity contribution in [2.45, 2.75) is 38.0 Å². The minimum atomic E-state index is -0.277. The fourth-order valence-corrected chi connectivity index (χ4v) is 3.96. The summed E-state index contributed by atoms with van der Waals surface area (Å²) in [5.74, 6) is -0.221. The molecule has 0 N–H and O–H groups in total. The van der Waals surface area contributed by atoms with Gasteiger partial charge in [-0.3, -0.25) is 4.79 Å². The lowest BCUT2D eigenvalue weighted by atomic mass is 9.80. The van der Waals surface area contributed by atoms with E-state index in [9.17, 15) is 14.4 Å². The molecule has 1 unspecified atom stereocenters. The SMILES string of the molecule is O=C(CC(c1ccc(Br)cc1F)C1CCCC1)c1ccc[n+]([O-])c1. The van der Waals surface area contributed by atoms with Crippen LogP contribution in [0.4, 0.5) is 4.39 Å². The Morgan fingerprint density at radius 3 is 2.75 bits per heavy atom. The number of Topliss-reactive ketones (excluding diaryl/α,β-unsaturated/α-hetero) is 1. The average Bonchev–Trinajstić information content (AvgIpc) is 3.07. The molecule has 24 heavy (non-hydrogen) atoms. The van der Waals surface area contributed by atoms with Crippen molar-refractivity contribution in [2.75, 3.05) is 0 Å². The summed E-state index contributed by atoms with van der Waals surface area (Å²) in [5.41, 5.74) is 0.984. The zero-order valence-corrected chi connectivity index (χ0v) is 14.8.